The molecule has 0 bridgehead atoms. The summed E-state index contributed by atoms with van der Waals surface area (Å²) >= 11 is 0. The van der Waals surface area contributed by atoms with Crippen LogP contribution >= 0.6 is 10.7 Å². The van der Waals surface area contributed by atoms with Crippen LogP contribution in [0.5, 0.6) is 0 Å². The molecule has 2 aromatic rings. The van der Waals surface area contributed by atoms with Crippen molar-refractivity contribution in [2.24, 2.45) is 7.05 Å². The number of pyridine rings is 1. The molecule has 0 radical (unpaired) electrons. The average Bonchev–Trinajstić information content (AvgIpc) is 2.69. The summed E-state index contributed by atoms with van der Waals surface area (Å²) in [5, 5.41) is 0.133. The van der Waals surface area contributed by atoms with Crippen LogP contribution in [-0.2, 0) is 28.9 Å². The Morgan fingerprint density at radius 2 is 1.83 bits per heavy atom. The number of hydrogen-bond donors (Lipinski definition) is 0. The molecular weight excluding hydrogens is 272 g/mol. The van der Waals surface area contributed by atoms with E-state index in [1.54, 1.807) is 31.7 Å². The summed E-state index contributed by atoms with van der Waals surface area (Å²) in [6.45, 7) is 0. The van der Waals surface area contributed by atoms with E-state index < -0.39 is 9.05 Å². The van der Waals surface area contributed by atoms with E-state index in [4.69, 9.17) is 10.7 Å². The maximum absolute atomic E-state index is 11.3. The fourth-order valence-electron chi connectivity index (χ4n) is 1.83. The fourth-order valence-corrected chi connectivity index (χ4v) is 2.98. The second-order valence-corrected chi connectivity index (χ2v) is 6.60. The van der Waals surface area contributed by atoms with Gasteiger partial charge in [0.25, 0.3) is 9.05 Å². The number of aromatic nitrogens is 2. The quantitative estimate of drug-likeness (QED) is 0.808. The average molecular weight is 285 g/mol. The summed E-state index contributed by atoms with van der Waals surface area (Å²) in [6.07, 6.45) is 6.89. The first-order chi connectivity index (χ1) is 8.47. The van der Waals surface area contributed by atoms with E-state index in [0.29, 0.717) is 0 Å². The summed E-state index contributed by atoms with van der Waals surface area (Å²) in [6, 6.07) is 5.51. The van der Waals surface area contributed by atoms with Gasteiger partial charge in [0.05, 0.1) is 0 Å². The Morgan fingerprint density at radius 1 is 1.22 bits per heavy atom. The summed E-state index contributed by atoms with van der Waals surface area (Å²) in [7, 11) is 3.34. The maximum atomic E-state index is 11.3. The van der Waals surface area contributed by atoms with Crippen molar-refractivity contribution in [3.8, 4) is 0 Å². The van der Waals surface area contributed by atoms with Gasteiger partial charge in [-0.3, -0.25) is 4.98 Å². The molecule has 0 amide bonds. The molecular formula is C12H13ClN2O2S. The third kappa shape index (κ3) is 3.11. The lowest BCUT2D eigenvalue weighted by Crippen LogP contribution is -1.97. The lowest BCUT2D eigenvalue weighted by atomic mass is 10.1. The highest BCUT2D eigenvalue weighted by molar-refractivity contribution is 8.13. The molecule has 0 saturated heterocycles. The predicted molar refractivity (Wildman–Crippen MR) is 70.1 cm³/mol. The molecule has 0 aliphatic rings. The van der Waals surface area contributed by atoms with E-state index in [0.717, 1.165) is 18.4 Å². The molecule has 2 aromatic heterocycles. The van der Waals surface area contributed by atoms with Crippen molar-refractivity contribution in [3.05, 3.63) is 47.9 Å². The molecule has 0 aromatic carbocycles. The molecule has 0 aliphatic carbocycles. The topological polar surface area (TPSA) is 52.0 Å². The summed E-state index contributed by atoms with van der Waals surface area (Å²) in [4.78, 5) is 3.95. The summed E-state index contributed by atoms with van der Waals surface area (Å²) in [5.41, 5.74) is 2.12. The number of halogens is 1. The van der Waals surface area contributed by atoms with Crippen molar-refractivity contribution in [2.45, 2.75) is 17.9 Å². The SMILES string of the molecule is Cn1cc(CCc2ccncc2)cc1S(=O)(=O)Cl. The molecule has 0 N–H and O–H groups in total. The molecule has 2 rings (SSSR count). The molecule has 0 spiro atoms. The lowest BCUT2D eigenvalue weighted by molar-refractivity contribution is 0.600. The molecule has 0 aliphatic heterocycles. The molecule has 4 nitrogen and oxygen atoms in total. The van der Waals surface area contributed by atoms with Gasteiger partial charge in [0.15, 0.2) is 5.03 Å². The monoisotopic (exact) mass is 284 g/mol. The Kier molecular flexibility index (Phi) is 3.73. The van der Waals surface area contributed by atoms with Gasteiger partial charge in [-0.25, -0.2) is 8.42 Å². The van der Waals surface area contributed by atoms with Crippen molar-refractivity contribution in [1.29, 1.82) is 0 Å². The third-order valence-corrected chi connectivity index (χ3v) is 4.10. The van der Waals surface area contributed by atoms with E-state index in [2.05, 4.69) is 4.98 Å². The van der Waals surface area contributed by atoms with Crippen molar-refractivity contribution >= 4 is 19.7 Å². The van der Waals surface area contributed by atoms with E-state index in [9.17, 15) is 8.42 Å². The van der Waals surface area contributed by atoms with Crippen molar-refractivity contribution in [1.82, 2.24) is 9.55 Å². The van der Waals surface area contributed by atoms with E-state index >= 15 is 0 Å². The van der Waals surface area contributed by atoms with Gasteiger partial charge in [0.2, 0.25) is 0 Å². The fraction of sp³-hybridized carbons (Fsp3) is 0.250. The lowest BCUT2D eigenvalue weighted by Gasteiger charge is -1.98. The van der Waals surface area contributed by atoms with Gasteiger partial charge < -0.3 is 4.57 Å². The van der Waals surface area contributed by atoms with Gasteiger partial charge in [-0.2, -0.15) is 0 Å². The van der Waals surface area contributed by atoms with Gasteiger partial charge in [-0.1, -0.05) is 0 Å². The Labute approximate surface area is 111 Å². The Hall–Kier alpha value is -1.33. The van der Waals surface area contributed by atoms with Crippen LogP contribution in [0.1, 0.15) is 11.1 Å². The first-order valence-electron chi connectivity index (χ1n) is 5.45. The van der Waals surface area contributed by atoms with Gasteiger partial charge in [-0.05, 0) is 42.2 Å². The Balaban J connectivity index is 2.12. The van der Waals surface area contributed by atoms with Crippen LogP contribution in [0, 0.1) is 0 Å². The largest absolute Gasteiger partial charge is 0.341 e. The van der Waals surface area contributed by atoms with E-state index in [1.807, 2.05) is 12.1 Å². The highest BCUT2D eigenvalue weighted by atomic mass is 35.7. The molecule has 0 unspecified atom stereocenters. The highest BCUT2D eigenvalue weighted by Crippen LogP contribution is 2.18. The smallest absolute Gasteiger partial charge is 0.276 e. The number of hydrogen-bond acceptors (Lipinski definition) is 3. The summed E-state index contributed by atoms with van der Waals surface area (Å²) < 4.78 is 24.1. The van der Waals surface area contributed by atoms with Gasteiger partial charge in [0, 0.05) is 36.3 Å². The first kappa shape index (κ1) is 13.1. The minimum Gasteiger partial charge on any atom is -0.341 e. The molecule has 96 valence electrons. The molecule has 0 atom stereocenters. The standard InChI is InChI=1S/C12H13ClN2O2S/c1-15-9-11(8-12(15)18(13,16)17)3-2-10-4-6-14-7-5-10/h4-9H,2-3H2,1H3. The van der Waals surface area contributed by atoms with Crippen molar-refractivity contribution in [3.63, 3.8) is 0 Å². The van der Waals surface area contributed by atoms with Crippen LogP contribution in [0.15, 0.2) is 41.8 Å². The van der Waals surface area contributed by atoms with Crippen molar-refractivity contribution in [2.75, 3.05) is 0 Å². The van der Waals surface area contributed by atoms with Gasteiger partial charge in [0.1, 0.15) is 0 Å². The first-order valence-corrected chi connectivity index (χ1v) is 7.76. The number of nitrogens with zero attached hydrogens (tertiary/aromatic N) is 2. The zero-order chi connectivity index (χ0) is 13.2. The van der Waals surface area contributed by atoms with Crippen LogP contribution in [0.25, 0.3) is 0 Å². The van der Waals surface area contributed by atoms with Crippen molar-refractivity contribution < 1.29 is 8.42 Å². The van der Waals surface area contributed by atoms with Crippen LogP contribution < -0.4 is 0 Å². The number of rotatable bonds is 4. The zero-order valence-corrected chi connectivity index (χ0v) is 11.4. The van der Waals surface area contributed by atoms with Crippen LogP contribution in [-0.4, -0.2) is 18.0 Å². The maximum Gasteiger partial charge on any atom is 0.276 e. The summed E-state index contributed by atoms with van der Waals surface area (Å²) in [5.74, 6) is 0. The molecule has 6 heteroatoms. The van der Waals surface area contributed by atoms with Crippen LogP contribution in [0.3, 0.4) is 0 Å². The molecule has 0 saturated carbocycles. The Morgan fingerprint density at radius 3 is 2.39 bits per heavy atom. The predicted octanol–water partition coefficient (Wildman–Crippen LogP) is 2.13. The minimum absolute atomic E-state index is 0.133. The molecule has 18 heavy (non-hydrogen) atoms. The third-order valence-electron chi connectivity index (χ3n) is 2.72. The second kappa shape index (κ2) is 5.12. The number of aryl methyl sites for hydroxylation is 3. The molecule has 2 heterocycles. The minimum atomic E-state index is -3.67. The van der Waals surface area contributed by atoms with Gasteiger partial charge in [-0.15, -0.1) is 0 Å². The van der Waals surface area contributed by atoms with Crippen LogP contribution in [0.2, 0.25) is 0 Å². The Bertz CT molecular complexity index is 635. The normalized spacial score (nSPS) is 11.7. The van der Waals surface area contributed by atoms with E-state index in [-0.39, 0.29) is 5.03 Å². The van der Waals surface area contributed by atoms with Crippen LogP contribution in [0.4, 0.5) is 0 Å². The van der Waals surface area contributed by atoms with Gasteiger partial charge >= 0.3 is 0 Å². The second-order valence-electron chi connectivity index (χ2n) is 4.09. The highest BCUT2D eigenvalue weighted by Gasteiger charge is 2.15. The van der Waals surface area contributed by atoms with E-state index in [1.165, 1.54) is 10.1 Å². The molecule has 0 fully saturated rings. The zero-order valence-electron chi connectivity index (χ0n) is 9.88.